The van der Waals surface area contributed by atoms with Gasteiger partial charge in [0.1, 0.15) is 5.82 Å². The number of rotatable bonds is 4. The number of nitrogens with zero attached hydrogens (tertiary/aromatic N) is 3. The third-order valence-electron chi connectivity index (χ3n) is 3.42. The standard InChI is InChI=1S/C12H21N5O/c1-10(17-7-3-13-4-8-17)12(18)15-9-11-14-5-6-16(11)2/h5-6,10,13H,3-4,7-9H2,1-2H3,(H,15,18). The van der Waals surface area contributed by atoms with Gasteiger partial charge in [-0.25, -0.2) is 4.98 Å². The van der Waals surface area contributed by atoms with Crippen molar-refractivity contribution in [3.63, 3.8) is 0 Å². The molecule has 1 aliphatic rings. The van der Waals surface area contributed by atoms with E-state index in [1.54, 1.807) is 6.20 Å². The summed E-state index contributed by atoms with van der Waals surface area (Å²) in [6.45, 7) is 6.21. The van der Waals surface area contributed by atoms with Gasteiger partial charge in [-0.15, -0.1) is 0 Å². The van der Waals surface area contributed by atoms with Crippen LogP contribution in [0.2, 0.25) is 0 Å². The lowest BCUT2D eigenvalue weighted by molar-refractivity contribution is -0.126. The summed E-state index contributed by atoms with van der Waals surface area (Å²) < 4.78 is 1.91. The van der Waals surface area contributed by atoms with Crippen molar-refractivity contribution in [1.82, 2.24) is 25.1 Å². The molecule has 18 heavy (non-hydrogen) atoms. The van der Waals surface area contributed by atoms with E-state index in [-0.39, 0.29) is 11.9 Å². The summed E-state index contributed by atoms with van der Waals surface area (Å²) in [5.74, 6) is 0.941. The largest absolute Gasteiger partial charge is 0.348 e. The quantitative estimate of drug-likeness (QED) is 0.745. The van der Waals surface area contributed by atoms with Crippen molar-refractivity contribution in [3.8, 4) is 0 Å². The second-order valence-electron chi connectivity index (χ2n) is 4.63. The van der Waals surface area contributed by atoms with Gasteiger partial charge in [0.05, 0.1) is 12.6 Å². The van der Waals surface area contributed by atoms with Crippen LogP contribution in [0, 0.1) is 0 Å². The maximum Gasteiger partial charge on any atom is 0.237 e. The molecule has 1 aromatic heterocycles. The van der Waals surface area contributed by atoms with E-state index in [1.807, 2.05) is 24.7 Å². The maximum absolute atomic E-state index is 12.0. The fraction of sp³-hybridized carbons (Fsp3) is 0.667. The zero-order valence-corrected chi connectivity index (χ0v) is 11.0. The first-order valence-corrected chi connectivity index (χ1v) is 6.37. The smallest absolute Gasteiger partial charge is 0.237 e. The summed E-state index contributed by atoms with van der Waals surface area (Å²) in [7, 11) is 1.92. The average molecular weight is 251 g/mol. The summed E-state index contributed by atoms with van der Waals surface area (Å²) in [5, 5.41) is 6.22. The maximum atomic E-state index is 12.0. The van der Waals surface area contributed by atoms with Gasteiger partial charge in [-0.2, -0.15) is 0 Å². The molecule has 1 amide bonds. The van der Waals surface area contributed by atoms with Crippen LogP contribution in [0.5, 0.6) is 0 Å². The highest BCUT2D eigenvalue weighted by atomic mass is 16.2. The molecule has 0 radical (unpaired) electrons. The van der Waals surface area contributed by atoms with Crippen LogP contribution in [0.15, 0.2) is 12.4 Å². The molecule has 0 bridgehead atoms. The Morgan fingerprint density at radius 1 is 1.56 bits per heavy atom. The highest BCUT2D eigenvalue weighted by molar-refractivity contribution is 5.81. The Kier molecular flexibility index (Phi) is 4.33. The molecule has 0 saturated carbocycles. The predicted octanol–water partition coefficient (Wildman–Crippen LogP) is -0.670. The van der Waals surface area contributed by atoms with Gasteiger partial charge in [0.2, 0.25) is 5.91 Å². The number of amides is 1. The van der Waals surface area contributed by atoms with E-state index in [0.717, 1.165) is 32.0 Å². The fourth-order valence-corrected chi connectivity index (χ4v) is 2.12. The lowest BCUT2D eigenvalue weighted by atomic mass is 10.2. The first-order valence-electron chi connectivity index (χ1n) is 6.37. The number of aryl methyl sites for hydroxylation is 1. The highest BCUT2D eigenvalue weighted by Crippen LogP contribution is 2.02. The summed E-state index contributed by atoms with van der Waals surface area (Å²) in [5.41, 5.74) is 0. The van der Waals surface area contributed by atoms with Crippen LogP contribution in [0.4, 0.5) is 0 Å². The zero-order chi connectivity index (χ0) is 13.0. The van der Waals surface area contributed by atoms with Gasteiger partial charge < -0.3 is 15.2 Å². The Bertz CT molecular complexity index is 397. The molecule has 2 heterocycles. The van der Waals surface area contributed by atoms with Crippen LogP contribution >= 0.6 is 0 Å². The molecule has 2 N–H and O–H groups in total. The van der Waals surface area contributed by atoms with Crippen LogP contribution in [-0.4, -0.2) is 52.6 Å². The van der Waals surface area contributed by atoms with E-state index < -0.39 is 0 Å². The van der Waals surface area contributed by atoms with E-state index in [9.17, 15) is 4.79 Å². The van der Waals surface area contributed by atoms with Crippen LogP contribution < -0.4 is 10.6 Å². The third kappa shape index (κ3) is 3.08. The van der Waals surface area contributed by atoms with Crippen molar-refractivity contribution in [2.24, 2.45) is 7.05 Å². The minimum absolute atomic E-state index is 0.0694. The molecule has 1 aliphatic heterocycles. The van der Waals surface area contributed by atoms with Gasteiger partial charge in [0.15, 0.2) is 0 Å². The van der Waals surface area contributed by atoms with E-state index in [2.05, 4.69) is 20.5 Å². The molecule has 1 saturated heterocycles. The molecule has 0 aromatic carbocycles. The minimum atomic E-state index is -0.0765. The van der Waals surface area contributed by atoms with Crippen LogP contribution in [-0.2, 0) is 18.4 Å². The van der Waals surface area contributed by atoms with Gasteiger partial charge >= 0.3 is 0 Å². The molecule has 1 aromatic rings. The molecular weight excluding hydrogens is 230 g/mol. The van der Waals surface area contributed by atoms with Gasteiger partial charge in [-0.1, -0.05) is 0 Å². The molecule has 6 heteroatoms. The Morgan fingerprint density at radius 2 is 2.28 bits per heavy atom. The van der Waals surface area contributed by atoms with E-state index in [4.69, 9.17) is 0 Å². The molecule has 1 atom stereocenters. The first kappa shape index (κ1) is 13.0. The van der Waals surface area contributed by atoms with Crippen molar-refractivity contribution in [2.45, 2.75) is 19.5 Å². The number of carbonyl (C=O) groups is 1. The van der Waals surface area contributed by atoms with Crippen molar-refractivity contribution < 1.29 is 4.79 Å². The Hall–Kier alpha value is -1.40. The van der Waals surface area contributed by atoms with Gasteiger partial charge in [0, 0.05) is 45.6 Å². The molecule has 0 spiro atoms. The summed E-state index contributed by atoms with van der Waals surface area (Å²) >= 11 is 0. The van der Waals surface area contributed by atoms with Gasteiger partial charge in [-0.05, 0) is 6.92 Å². The third-order valence-corrected chi connectivity index (χ3v) is 3.42. The predicted molar refractivity (Wildman–Crippen MR) is 69.0 cm³/mol. The van der Waals surface area contributed by atoms with Crippen molar-refractivity contribution >= 4 is 5.91 Å². The molecule has 1 unspecified atom stereocenters. The number of hydrogen-bond acceptors (Lipinski definition) is 4. The minimum Gasteiger partial charge on any atom is -0.348 e. The summed E-state index contributed by atoms with van der Waals surface area (Å²) in [6.07, 6.45) is 3.61. The van der Waals surface area contributed by atoms with Crippen LogP contribution in [0.1, 0.15) is 12.7 Å². The Labute approximate surface area is 107 Å². The van der Waals surface area contributed by atoms with Gasteiger partial charge in [0.25, 0.3) is 0 Å². The number of piperazine rings is 1. The molecule has 100 valence electrons. The Morgan fingerprint density at radius 3 is 2.89 bits per heavy atom. The first-order chi connectivity index (χ1) is 8.68. The number of aromatic nitrogens is 2. The zero-order valence-electron chi connectivity index (χ0n) is 11.0. The van der Waals surface area contributed by atoms with Crippen LogP contribution in [0.3, 0.4) is 0 Å². The van der Waals surface area contributed by atoms with Crippen molar-refractivity contribution in [2.75, 3.05) is 26.2 Å². The van der Waals surface area contributed by atoms with Gasteiger partial charge in [-0.3, -0.25) is 9.69 Å². The summed E-state index contributed by atoms with van der Waals surface area (Å²) in [4.78, 5) is 18.4. The van der Waals surface area contributed by atoms with E-state index in [1.165, 1.54) is 0 Å². The highest BCUT2D eigenvalue weighted by Gasteiger charge is 2.22. The lowest BCUT2D eigenvalue weighted by Crippen LogP contribution is -2.52. The van der Waals surface area contributed by atoms with Crippen molar-refractivity contribution in [3.05, 3.63) is 18.2 Å². The number of hydrogen-bond donors (Lipinski definition) is 2. The summed E-state index contributed by atoms with van der Waals surface area (Å²) in [6, 6.07) is -0.0765. The second kappa shape index (κ2) is 5.97. The second-order valence-corrected chi connectivity index (χ2v) is 4.63. The van der Waals surface area contributed by atoms with E-state index in [0.29, 0.717) is 6.54 Å². The average Bonchev–Trinajstić information content (AvgIpc) is 2.81. The Balaban J connectivity index is 1.82. The molecule has 0 aliphatic carbocycles. The molecule has 1 fully saturated rings. The normalized spacial score (nSPS) is 18.6. The number of imidazole rings is 1. The lowest BCUT2D eigenvalue weighted by Gasteiger charge is -2.31. The fourth-order valence-electron chi connectivity index (χ4n) is 2.12. The topological polar surface area (TPSA) is 62.2 Å². The SMILES string of the molecule is CC(C(=O)NCc1nccn1C)N1CCNCC1. The molecular formula is C12H21N5O. The number of nitrogens with one attached hydrogen (secondary N) is 2. The molecule has 6 nitrogen and oxygen atoms in total. The van der Waals surface area contributed by atoms with Crippen molar-refractivity contribution in [1.29, 1.82) is 0 Å². The monoisotopic (exact) mass is 251 g/mol. The molecule has 2 rings (SSSR count). The van der Waals surface area contributed by atoms with E-state index >= 15 is 0 Å². The van der Waals surface area contributed by atoms with Crippen LogP contribution in [0.25, 0.3) is 0 Å². The number of carbonyl (C=O) groups excluding carboxylic acids is 1.